The highest BCUT2D eigenvalue weighted by Gasteiger charge is 2.27. The molecule has 1 N–H and O–H groups in total. The van der Waals surface area contributed by atoms with Crippen LogP contribution < -0.4 is 14.8 Å². The van der Waals surface area contributed by atoms with E-state index in [4.69, 9.17) is 14.5 Å². The second-order valence-electron chi connectivity index (χ2n) is 7.00. The van der Waals surface area contributed by atoms with Crippen LogP contribution in [0.25, 0.3) is 0 Å². The van der Waals surface area contributed by atoms with Crippen molar-refractivity contribution in [2.45, 2.75) is 32.2 Å². The summed E-state index contributed by atoms with van der Waals surface area (Å²) in [5, 5.41) is 2.92. The maximum absolute atomic E-state index is 12.6. The fourth-order valence-electron chi connectivity index (χ4n) is 3.29. The Bertz CT molecular complexity index is 856. The third-order valence-corrected chi connectivity index (χ3v) is 4.38. The van der Waals surface area contributed by atoms with Crippen molar-refractivity contribution in [2.24, 2.45) is 4.99 Å². The van der Waals surface area contributed by atoms with Gasteiger partial charge >= 0.3 is 0 Å². The molecule has 0 aromatic heterocycles. The molecule has 1 amide bonds. The summed E-state index contributed by atoms with van der Waals surface area (Å²) < 4.78 is 10.5. The molecule has 0 bridgehead atoms. The molecule has 0 aliphatic carbocycles. The zero-order valence-corrected chi connectivity index (χ0v) is 15.6. The Morgan fingerprint density at radius 1 is 1.12 bits per heavy atom. The molecule has 0 spiro atoms. The van der Waals surface area contributed by atoms with Crippen LogP contribution in [0.2, 0.25) is 0 Å². The largest absolute Gasteiger partial charge is 0.493 e. The van der Waals surface area contributed by atoms with Gasteiger partial charge in [0.2, 0.25) is 5.91 Å². The number of methoxy groups -OCH3 is 2. The summed E-state index contributed by atoms with van der Waals surface area (Å²) in [6.45, 7) is 4.18. The number of hydrogen-bond donors (Lipinski definition) is 1. The molecule has 3 rings (SSSR count). The van der Waals surface area contributed by atoms with Gasteiger partial charge in [0, 0.05) is 11.8 Å². The molecule has 0 saturated heterocycles. The number of amides is 1. The fourth-order valence-corrected chi connectivity index (χ4v) is 3.29. The maximum atomic E-state index is 12.6. The highest BCUT2D eigenvalue weighted by atomic mass is 16.5. The Balaban J connectivity index is 1.78. The standard InChI is InChI=1S/C21H24N2O3/c1-21(2)13-14-7-5-6-8-16(14)17(23-21)12-20(24)22-15-9-10-18(25-3)19(11-15)26-4/h5-11H,12-13H2,1-4H3,(H,22,24). The van der Waals surface area contributed by atoms with Gasteiger partial charge in [-0.15, -0.1) is 0 Å². The van der Waals surface area contributed by atoms with Crippen LogP contribution in [-0.2, 0) is 11.2 Å². The van der Waals surface area contributed by atoms with Crippen molar-refractivity contribution < 1.29 is 14.3 Å². The third kappa shape index (κ3) is 3.87. The minimum absolute atomic E-state index is 0.108. The van der Waals surface area contributed by atoms with E-state index < -0.39 is 0 Å². The normalized spacial score (nSPS) is 14.8. The lowest BCUT2D eigenvalue weighted by Gasteiger charge is -2.29. The van der Waals surface area contributed by atoms with Gasteiger partial charge in [0.15, 0.2) is 11.5 Å². The average Bonchev–Trinajstić information content (AvgIpc) is 2.60. The molecule has 2 aromatic rings. The molecule has 0 saturated carbocycles. The molecule has 1 aliphatic rings. The van der Waals surface area contributed by atoms with Crippen LogP contribution in [-0.4, -0.2) is 31.4 Å². The van der Waals surface area contributed by atoms with E-state index in [-0.39, 0.29) is 17.9 Å². The summed E-state index contributed by atoms with van der Waals surface area (Å²) >= 11 is 0. The van der Waals surface area contributed by atoms with E-state index in [0.717, 1.165) is 17.7 Å². The summed E-state index contributed by atoms with van der Waals surface area (Å²) in [5.74, 6) is 1.09. The van der Waals surface area contributed by atoms with Crippen LogP contribution in [0, 0.1) is 0 Å². The van der Waals surface area contributed by atoms with E-state index >= 15 is 0 Å². The summed E-state index contributed by atoms with van der Waals surface area (Å²) in [4.78, 5) is 17.4. The molecule has 5 heteroatoms. The van der Waals surface area contributed by atoms with Gasteiger partial charge in [-0.2, -0.15) is 0 Å². The minimum Gasteiger partial charge on any atom is -0.493 e. The van der Waals surface area contributed by atoms with Gasteiger partial charge in [0.1, 0.15) is 0 Å². The lowest BCUT2D eigenvalue weighted by molar-refractivity contribution is -0.115. The molecule has 1 heterocycles. The van der Waals surface area contributed by atoms with Crippen LogP contribution in [0.4, 0.5) is 5.69 Å². The summed E-state index contributed by atoms with van der Waals surface area (Å²) in [5.41, 5.74) is 3.59. The van der Waals surface area contributed by atoms with Crippen molar-refractivity contribution in [2.75, 3.05) is 19.5 Å². The lowest BCUT2D eigenvalue weighted by atomic mass is 9.86. The maximum Gasteiger partial charge on any atom is 0.230 e. The summed E-state index contributed by atoms with van der Waals surface area (Å²) in [6, 6.07) is 13.5. The number of nitrogens with zero attached hydrogens (tertiary/aromatic N) is 1. The van der Waals surface area contributed by atoms with Gasteiger partial charge in [-0.05, 0) is 43.5 Å². The van der Waals surface area contributed by atoms with E-state index in [2.05, 4.69) is 25.2 Å². The SMILES string of the molecule is COc1ccc(NC(=O)CC2=NC(C)(C)Cc3ccccc32)cc1OC. The highest BCUT2D eigenvalue weighted by molar-refractivity contribution is 6.14. The topological polar surface area (TPSA) is 59.9 Å². The van der Waals surface area contributed by atoms with Crippen LogP contribution >= 0.6 is 0 Å². The molecule has 0 unspecified atom stereocenters. The molecule has 0 radical (unpaired) electrons. The predicted molar refractivity (Wildman–Crippen MR) is 104 cm³/mol. The second kappa shape index (κ2) is 7.20. The second-order valence-corrected chi connectivity index (χ2v) is 7.00. The Kier molecular flexibility index (Phi) is 4.98. The zero-order valence-electron chi connectivity index (χ0n) is 15.6. The average molecular weight is 352 g/mol. The number of fused-ring (bicyclic) bond motifs is 1. The Morgan fingerprint density at radius 2 is 1.85 bits per heavy atom. The molecule has 5 nitrogen and oxygen atoms in total. The van der Waals surface area contributed by atoms with Gasteiger partial charge in [0.05, 0.1) is 31.9 Å². The molecular formula is C21H24N2O3. The van der Waals surface area contributed by atoms with Crippen LogP contribution in [0.1, 0.15) is 31.4 Å². The monoisotopic (exact) mass is 352 g/mol. The first kappa shape index (κ1) is 18.0. The van der Waals surface area contributed by atoms with E-state index in [9.17, 15) is 4.79 Å². The minimum atomic E-state index is -0.201. The third-order valence-electron chi connectivity index (χ3n) is 4.38. The van der Waals surface area contributed by atoms with Crippen molar-refractivity contribution in [3.8, 4) is 11.5 Å². The highest BCUT2D eigenvalue weighted by Crippen LogP contribution is 2.30. The van der Waals surface area contributed by atoms with E-state index in [1.165, 1.54) is 5.56 Å². The van der Waals surface area contributed by atoms with Crippen LogP contribution in [0.15, 0.2) is 47.5 Å². The molecule has 0 atom stereocenters. The molecule has 1 aliphatic heterocycles. The number of ether oxygens (including phenoxy) is 2. The van der Waals surface area contributed by atoms with Gasteiger partial charge in [0.25, 0.3) is 0 Å². The number of carbonyl (C=O) groups is 1. The first-order valence-electron chi connectivity index (χ1n) is 8.61. The van der Waals surface area contributed by atoms with Gasteiger partial charge in [-0.1, -0.05) is 24.3 Å². The summed E-state index contributed by atoms with van der Waals surface area (Å²) in [6.07, 6.45) is 1.11. The Hall–Kier alpha value is -2.82. The van der Waals surface area contributed by atoms with Gasteiger partial charge in [-0.3, -0.25) is 9.79 Å². The quantitative estimate of drug-likeness (QED) is 0.889. The number of benzene rings is 2. The smallest absolute Gasteiger partial charge is 0.230 e. The van der Waals surface area contributed by atoms with Gasteiger partial charge in [-0.25, -0.2) is 0 Å². The number of rotatable bonds is 5. The zero-order chi connectivity index (χ0) is 18.7. The van der Waals surface area contributed by atoms with Crippen molar-refractivity contribution in [3.05, 3.63) is 53.6 Å². The molecule has 2 aromatic carbocycles. The van der Waals surface area contributed by atoms with Crippen LogP contribution in [0.5, 0.6) is 11.5 Å². The van der Waals surface area contributed by atoms with Gasteiger partial charge < -0.3 is 14.8 Å². The van der Waals surface area contributed by atoms with E-state index in [0.29, 0.717) is 17.2 Å². The molecular weight excluding hydrogens is 328 g/mol. The van der Waals surface area contributed by atoms with Crippen molar-refractivity contribution in [1.29, 1.82) is 0 Å². The summed E-state index contributed by atoms with van der Waals surface area (Å²) in [7, 11) is 3.15. The number of hydrogen-bond acceptors (Lipinski definition) is 4. The van der Waals surface area contributed by atoms with Crippen molar-refractivity contribution in [1.82, 2.24) is 0 Å². The fraction of sp³-hybridized carbons (Fsp3) is 0.333. The first-order valence-corrected chi connectivity index (χ1v) is 8.61. The Morgan fingerprint density at radius 3 is 2.58 bits per heavy atom. The number of carbonyl (C=O) groups excluding carboxylic acids is 1. The number of nitrogens with one attached hydrogen (secondary N) is 1. The molecule has 136 valence electrons. The first-order chi connectivity index (χ1) is 12.4. The van der Waals surface area contributed by atoms with Crippen LogP contribution in [0.3, 0.4) is 0 Å². The van der Waals surface area contributed by atoms with Crippen molar-refractivity contribution >= 4 is 17.3 Å². The Labute approximate surface area is 154 Å². The molecule has 0 fully saturated rings. The number of aliphatic imine (C=N–C) groups is 1. The lowest BCUT2D eigenvalue weighted by Crippen LogP contribution is -2.30. The van der Waals surface area contributed by atoms with E-state index in [1.807, 2.05) is 18.2 Å². The molecule has 26 heavy (non-hydrogen) atoms. The van der Waals surface area contributed by atoms with E-state index in [1.54, 1.807) is 32.4 Å². The van der Waals surface area contributed by atoms with Crippen molar-refractivity contribution in [3.63, 3.8) is 0 Å². The number of anilines is 1. The predicted octanol–water partition coefficient (Wildman–Crippen LogP) is 3.86.